The number of hydrogen-bond donors (Lipinski definition) is 2. The Balaban J connectivity index is 1.47. The maximum atomic E-state index is 13.5. The highest BCUT2D eigenvalue weighted by Crippen LogP contribution is 2.36. The third kappa shape index (κ3) is 4.78. The molecule has 0 aliphatic carbocycles. The number of nitrogens with one attached hydrogen (secondary N) is 2. The molecule has 2 atom stereocenters. The summed E-state index contributed by atoms with van der Waals surface area (Å²) in [5.41, 5.74) is 5.73. The van der Waals surface area contributed by atoms with Crippen molar-refractivity contribution in [1.82, 2.24) is 15.3 Å². The number of hydrogen-bond acceptors (Lipinski definition) is 3. The fraction of sp³-hybridized carbons (Fsp3) is 0.100. The number of urea groups is 1. The molecule has 1 saturated heterocycles. The summed E-state index contributed by atoms with van der Waals surface area (Å²) >= 11 is 3.60. The zero-order valence-corrected chi connectivity index (χ0v) is 21.5. The number of nitrogens with zero attached hydrogens (tertiary/aromatic N) is 3. The standard InChI is InChI=1S/C30H24BrN5O/c31-23-13-7-12-22(17-23)28-29(35-30(37)36(28)24-14-15-25-27(18-24)33-19-32-25)34-26(21-10-5-2-6-11-21)16-20-8-3-1-4-9-20/h1-15,17-19,26,28H,16H2,(H,32,33)(H,34,35,37). The number of benzene rings is 4. The van der Waals surface area contributed by atoms with E-state index in [9.17, 15) is 4.79 Å². The van der Waals surface area contributed by atoms with Gasteiger partial charge in [0.15, 0.2) is 0 Å². The molecule has 0 spiro atoms. The average molecular weight is 550 g/mol. The summed E-state index contributed by atoms with van der Waals surface area (Å²) in [6.45, 7) is 0. The lowest BCUT2D eigenvalue weighted by Crippen LogP contribution is -2.29. The number of halogens is 1. The summed E-state index contributed by atoms with van der Waals surface area (Å²) in [5, 5.41) is 3.09. The zero-order valence-electron chi connectivity index (χ0n) is 19.9. The molecular weight excluding hydrogens is 526 g/mol. The number of H-pyrrole nitrogens is 1. The Labute approximate surface area is 223 Å². The molecule has 2 N–H and O–H groups in total. The van der Waals surface area contributed by atoms with E-state index in [4.69, 9.17) is 4.99 Å². The van der Waals surface area contributed by atoms with E-state index in [-0.39, 0.29) is 12.1 Å². The number of fused-ring (bicyclic) bond motifs is 1. The van der Waals surface area contributed by atoms with Gasteiger partial charge < -0.3 is 4.98 Å². The lowest BCUT2D eigenvalue weighted by atomic mass is 9.98. The lowest BCUT2D eigenvalue weighted by molar-refractivity contribution is 0.252. The number of anilines is 1. The van der Waals surface area contributed by atoms with Crippen LogP contribution in [0.25, 0.3) is 11.0 Å². The van der Waals surface area contributed by atoms with Gasteiger partial charge in [-0.25, -0.2) is 9.78 Å². The largest absolute Gasteiger partial charge is 0.345 e. The van der Waals surface area contributed by atoms with Crippen LogP contribution >= 0.6 is 15.9 Å². The first kappa shape index (κ1) is 23.2. The van der Waals surface area contributed by atoms with Gasteiger partial charge in [-0.1, -0.05) is 88.7 Å². The van der Waals surface area contributed by atoms with Crippen LogP contribution in [0.3, 0.4) is 0 Å². The van der Waals surface area contributed by atoms with Crippen molar-refractivity contribution < 1.29 is 4.79 Å². The Hall–Kier alpha value is -4.23. The normalized spacial score (nSPS) is 17.3. The quantitative estimate of drug-likeness (QED) is 0.240. The molecule has 1 fully saturated rings. The number of carbonyl (C=O) groups is 1. The number of carbonyl (C=O) groups excluding carboxylic acids is 1. The van der Waals surface area contributed by atoms with Crippen molar-refractivity contribution >= 4 is 44.5 Å². The molecule has 1 aromatic heterocycles. The van der Waals surface area contributed by atoms with Gasteiger partial charge in [-0.3, -0.25) is 15.2 Å². The number of aromatic amines is 1. The van der Waals surface area contributed by atoms with Crippen LogP contribution < -0.4 is 10.2 Å². The number of rotatable bonds is 6. The van der Waals surface area contributed by atoms with Gasteiger partial charge in [0.1, 0.15) is 11.9 Å². The lowest BCUT2D eigenvalue weighted by Gasteiger charge is -2.24. The van der Waals surface area contributed by atoms with E-state index >= 15 is 0 Å². The van der Waals surface area contributed by atoms with E-state index in [0.29, 0.717) is 5.84 Å². The van der Waals surface area contributed by atoms with Gasteiger partial charge in [0, 0.05) is 10.2 Å². The van der Waals surface area contributed by atoms with Crippen LogP contribution in [-0.4, -0.2) is 21.8 Å². The van der Waals surface area contributed by atoms with E-state index in [0.717, 1.165) is 38.7 Å². The molecule has 2 amide bonds. The molecule has 5 aromatic rings. The second-order valence-corrected chi connectivity index (χ2v) is 9.91. The summed E-state index contributed by atoms with van der Waals surface area (Å²) in [5.74, 6) is 0.623. The van der Waals surface area contributed by atoms with Crippen LogP contribution in [0.2, 0.25) is 0 Å². The van der Waals surface area contributed by atoms with Crippen molar-refractivity contribution in [3.8, 4) is 0 Å². The van der Waals surface area contributed by atoms with Crippen LogP contribution in [0.15, 0.2) is 119 Å². The van der Waals surface area contributed by atoms with Gasteiger partial charge in [0.05, 0.1) is 23.4 Å². The maximum absolute atomic E-state index is 13.5. The Morgan fingerprint density at radius 2 is 1.70 bits per heavy atom. The first-order valence-corrected chi connectivity index (χ1v) is 12.9. The van der Waals surface area contributed by atoms with Crippen LogP contribution in [0.5, 0.6) is 0 Å². The Morgan fingerprint density at radius 1 is 0.919 bits per heavy atom. The monoisotopic (exact) mass is 549 g/mol. The minimum atomic E-state index is -0.410. The summed E-state index contributed by atoms with van der Waals surface area (Å²) in [7, 11) is 0. The molecule has 0 radical (unpaired) electrons. The molecule has 6 rings (SSSR count). The average Bonchev–Trinajstić information content (AvgIpc) is 3.52. The van der Waals surface area contributed by atoms with Crippen molar-refractivity contribution in [3.05, 3.63) is 131 Å². The first-order valence-electron chi connectivity index (χ1n) is 12.1. The topological polar surface area (TPSA) is 73.4 Å². The van der Waals surface area contributed by atoms with Gasteiger partial charge in [-0.2, -0.15) is 0 Å². The van der Waals surface area contributed by atoms with Gasteiger partial charge in [0.2, 0.25) is 0 Å². The predicted octanol–water partition coefficient (Wildman–Crippen LogP) is 6.98. The molecule has 1 aliphatic heterocycles. The molecule has 182 valence electrons. The van der Waals surface area contributed by atoms with Crippen molar-refractivity contribution in [2.45, 2.75) is 18.5 Å². The molecule has 2 unspecified atom stereocenters. The number of amidine groups is 1. The van der Waals surface area contributed by atoms with E-state index in [1.54, 1.807) is 11.2 Å². The highest BCUT2D eigenvalue weighted by molar-refractivity contribution is 9.10. The second-order valence-electron chi connectivity index (χ2n) is 8.99. The van der Waals surface area contributed by atoms with E-state index in [2.05, 4.69) is 55.5 Å². The number of imidazole rings is 1. The van der Waals surface area contributed by atoms with E-state index in [1.807, 2.05) is 78.9 Å². The van der Waals surface area contributed by atoms with Crippen LogP contribution in [0, 0.1) is 0 Å². The predicted molar refractivity (Wildman–Crippen MR) is 151 cm³/mol. The van der Waals surface area contributed by atoms with Crippen molar-refractivity contribution in [3.63, 3.8) is 0 Å². The minimum Gasteiger partial charge on any atom is -0.345 e. The molecule has 7 heteroatoms. The molecule has 1 aliphatic rings. The van der Waals surface area contributed by atoms with Crippen molar-refractivity contribution in [2.24, 2.45) is 4.99 Å². The van der Waals surface area contributed by atoms with Crippen LogP contribution in [0.1, 0.15) is 28.8 Å². The molecular formula is C30H24BrN5O. The molecule has 37 heavy (non-hydrogen) atoms. The number of aliphatic imine (C=N–C) groups is 1. The fourth-order valence-corrected chi connectivity index (χ4v) is 5.24. The molecule has 0 bridgehead atoms. The molecule has 0 saturated carbocycles. The van der Waals surface area contributed by atoms with Crippen molar-refractivity contribution in [2.75, 3.05) is 4.90 Å². The van der Waals surface area contributed by atoms with Crippen LogP contribution in [0.4, 0.5) is 10.5 Å². The molecule has 6 nitrogen and oxygen atoms in total. The Morgan fingerprint density at radius 3 is 2.49 bits per heavy atom. The van der Waals surface area contributed by atoms with Gasteiger partial charge in [-0.15, -0.1) is 0 Å². The summed E-state index contributed by atoms with van der Waals surface area (Å²) in [6.07, 6.45) is 2.38. The molecule has 4 aromatic carbocycles. The Bertz CT molecular complexity index is 1580. The van der Waals surface area contributed by atoms with E-state index in [1.165, 1.54) is 5.56 Å². The maximum Gasteiger partial charge on any atom is 0.328 e. The zero-order chi connectivity index (χ0) is 25.2. The minimum absolute atomic E-state index is 0.163. The third-order valence-electron chi connectivity index (χ3n) is 6.57. The number of amides is 2. The number of aromatic nitrogens is 2. The first-order chi connectivity index (χ1) is 18.2. The highest BCUT2D eigenvalue weighted by Gasteiger charge is 2.39. The van der Waals surface area contributed by atoms with Crippen LogP contribution in [-0.2, 0) is 6.42 Å². The Kier molecular flexibility index (Phi) is 6.28. The summed E-state index contributed by atoms with van der Waals surface area (Å²) in [6, 6.07) is 33.6. The highest BCUT2D eigenvalue weighted by atomic mass is 79.9. The van der Waals surface area contributed by atoms with Gasteiger partial charge >= 0.3 is 6.03 Å². The SMILES string of the molecule is O=C1NC(=NC(Cc2ccccc2)c2ccccc2)C(c2cccc(Br)c2)N1c1ccc2nc[nH]c2c1. The summed E-state index contributed by atoms with van der Waals surface area (Å²) < 4.78 is 0.941. The fourth-order valence-electron chi connectivity index (χ4n) is 4.82. The van der Waals surface area contributed by atoms with E-state index < -0.39 is 6.04 Å². The second kappa shape index (κ2) is 10.0. The smallest absolute Gasteiger partial charge is 0.328 e. The summed E-state index contributed by atoms with van der Waals surface area (Å²) in [4.78, 5) is 27.9. The van der Waals surface area contributed by atoms with Crippen molar-refractivity contribution in [1.29, 1.82) is 0 Å². The molecule has 2 heterocycles. The van der Waals surface area contributed by atoms with Gasteiger partial charge in [0.25, 0.3) is 0 Å². The third-order valence-corrected chi connectivity index (χ3v) is 7.06. The van der Waals surface area contributed by atoms with Gasteiger partial charge in [-0.05, 0) is 53.4 Å².